The molecule has 23 heavy (non-hydrogen) atoms. The summed E-state index contributed by atoms with van der Waals surface area (Å²) in [5.74, 6) is -0.308. The molecule has 0 aliphatic rings. The molecular weight excluding hydrogens is 338 g/mol. The van der Waals surface area contributed by atoms with Crippen LogP contribution in [0.3, 0.4) is 0 Å². The molecule has 8 heteroatoms. The Morgan fingerprint density at radius 2 is 1.83 bits per heavy atom. The van der Waals surface area contributed by atoms with Crippen molar-refractivity contribution in [3.8, 4) is 5.75 Å². The monoisotopic (exact) mass is 349 g/mol. The zero-order chi connectivity index (χ0) is 16.6. The van der Waals surface area contributed by atoms with Gasteiger partial charge in [-0.3, -0.25) is 0 Å². The number of aromatic nitrogens is 1. The van der Waals surface area contributed by atoms with Crippen molar-refractivity contribution in [2.75, 3.05) is 0 Å². The van der Waals surface area contributed by atoms with Crippen LogP contribution in [0.2, 0.25) is 5.02 Å². The third-order valence-electron chi connectivity index (χ3n) is 3.29. The van der Waals surface area contributed by atoms with Crippen molar-refractivity contribution in [2.45, 2.75) is 11.8 Å². The second-order valence-electron chi connectivity index (χ2n) is 4.95. The highest BCUT2D eigenvalue weighted by atomic mass is 35.5. The summed E-state index contributed by atoms with van der Waals surface area (Å²) in [7, 11) is -3.95. The fraction of sp³-hybridized carbons (Fsp3) is 0.0667. The van der Waals surface area contributed by atoms with E-state index in [2.05, 4.69) is 14.6 Å². The zero-order valence-corrected chi connectivity index (χ0v) is 13.6. The van der Waals surface area contributed by atoms with E-state index in [1.54, 1.807) is 30.3 Å². The predicted octanol–water partition coefficient (Wildman–Crippen LogP) is 4.31. The Kier molecular flexibility index (Phi) is 3.83. The van der Waals surface area contributed by atoms with Gasteiger partial charge in [-0.2, -0.15) is 8.42 Å². The summed E-state index contributed by atoms with van der Waals surface area (Å²) in [5.41, 5.74) is 1.47. The average Bonchev–Trinajstić information content (AvgIpc) is 2.83. The Bertz CT molecular complexity index is 1010. The van der Waals surface area contributed by atoms with Crippen LogP contribution in [0.25, 0.3) is 10.9 Å². The number of nitrogens with zero attached hydrogens (tertiary/aromatic N) is 2. The number of nitrogens with one attached hydrogen (secondary N) is 1. The molecule has 2 aromatic carbocycles. The van der Waals surface area contributed by atoms with E-state index >= 15 is 0 Å². The van der Waals surface area contributed by atoms with E-state index in [-0.39, 0.29) is 16.5 Å². The molecule has 0 atom stereocenters. The van der Waals surface area contributed by atoms with Crippen LogP contribution in [-0.2, 0) is 10.0 Å². The smallest absolute Gasteiger partial charge is 0.299 e. The van der Waals surface area contributed by atoms with Crippen LogP contribution in [-0.4, -0.2) is 18.5 Å². The third-order valence-corrected chi connectivity index (χ3v) is 4.77. The number of aromatic amines is 1. The van der Waals surface area contributed by atoms with Crippen molar-refractivity contribution in [1.82, 2.24) is 4.98 Å². The lowest BCUT2D eigenvalue weighted by Gasteiger charge is -1.98. The van der Waals surface area contributed by atoms with Gasteiger partial charge in [0.2, 0.25) is 0 Å². The fourth-order valence-corrected chi connectivity index (χ4v) is 3.13. The van der Waals surface area contributed by atoms with Crippen molar-refractivity contribution < 1.29 is 13.5 Å². The Balaban J connectivity index is 2.01. The maximum atomic E-state index is 12.1. The molecule has 0 aliphatic carbocycles. The number of hydrogen-bond acceptors (Lipinski definition) is 4. The van der Waals surface area contributed by atoms with Gasteiger partial charge < -0.3 is 10.1 Å². The highest BCUT2D eigenvalue weighted by Gasteiger charge is 2.16. The van der Waals surface area contributed by atoms with E-state index in [1.165, 1.54) is 12.1 Å². The summed E-state index contributed by atoms with van der Waals surface area (Å²) in [6.07, 6.45) is 0. The van der Waals surface area contributed by atoms with Gasteiger partial charge in [0.15, 0.2) is 11.6 Å². The lowest BCUT2D eigenvalue weighted by atomic mass is 10.2. The van der Waals surface area contributed by atoms with E-state index in [0.29, 0.717) is 15.9 Å². The van der Waals surface area contributed by atoms with E-state index in [9.17, 15) is 13.5 Å². The van der Waals surface area contributed by atoms with Crippen LogP contribution in [0.15, 0.2) is 57.0 Å². The quantitative estimate of drug-likeness (QED) is 0.690. The van der Waals surface area contributed by atoms with E-state index in [4.69, 9.17) is 11.6 Å². The molecule has 6 nitrogen and oxygen atoms in total. The molecule has 0 spiro atoms. The molecule has 0 bridgehead atoms. The van der Waals surface area contributed by atoms with Gasteiger partial charge in [-0.05, 0) is 31.2 Å². The van der Waals surface area contributed by atoms with Gasteiger partial charge in [0.25, 0.3) is 10.0 Å². The van der Waals surface area contributed by atoms with Crippen molar-refractivity contribution in [1.29, 1.82) is 0 Å². The van der Waals surface area contributed by atoms with Gasteiger partial charge in [0.05, 0.1) is 20.8 Å². The minimum atomic E-state index is -3.95. The van der Waals surface area contributed by atoms with Gasteiger partial charge in [0, 0.05) is 0 Å². The first-order valence-corrected chi connectivity index (χ1v) is 8.44. The van der Waals surface area contributed by atoms with Crippen molar-refractivity contribution in [2.24, 2.45) is 9.63 Å². The normalized spacial score (nSPS) is 12.3. The van der Waals surface area contributed by atoms with Crippen molar-refractivity contribution in [3.05, 3.63) is 53.1 Å². The number of aromatic hydroxyl groups is 1. The number of halogens is 1. The molecular formula is C15H12ClN3O3S. The maximum Gasteiger partial charge on any atom is 0.299 e. The fourth-order valence-electron chi connectivity index (χ4n) is 2.10. The summed E-state index contributed by atoms with van der Waals surface area (Å²) < 4.78 is 27.6. The number of benzene rings is 2. The molecule has 1 aromatic heterocycles. The molecule has 2 N–H and O–H groups in total. The van der Waals surface area contributed by atoms with Crippen molar-refractivity contribution in [3.63, 3.8) is 0 Å². The number of sulfonamides is 1. The Morgan fingerprint density at radius 3 is 2.48 bits per heavy atom. The summed E-state index contributed by atoms with van der Waals surface area (Å²) in [4.78, 5) is 2.81. The maximum absolute atomic E-state index is 12.1. The number of fused-ring (bicyclic) bond motifs is 1. The molecule has 1 heterocycles. The Labute approximate surface area is 137 Å². The van der Waals surface area contributed by atoms with Gasteiger partial charge in [-0.1, -0.05) is 39.9 Å². The van der Waals surface area contributed by atoms with Crippen LogP contribution in [0.4, 0.5) is 5.82 Å². The molecule has 0 saturated carbocycles. The van der Waals surface area contributed by atoms with E-state index in [1.807, 2.05) is 6.92 Å². The zero-order valence-electron chi connectivity index (χ0n) is 12.0. The largest absolute Gasteiger partial charge is 0.504 e. The molecule has 0 fully saturated rings. The predicted molar refractivity (Wildman–Crippen MR) is 87.9 cm³/mol. The standard InChI is InChI=1S/C15H12ClN3O3S/c1-9-5-7-10(8-6-9)23(21,22)19-18-15-14(20)13-11(16)3-2-4-12(13)17-15/h2-8,17,20H,1H3. The molecule has 0 amide bonds. The lowest BCUT2D eigenvalue weighted by Crippen LogP contribution is -1.95. The SMILES string of the molecule is Cc1ccc(S(=O)(=O)N=Nc2[nH]c3cccc(Cl)c3c2O)cc1. The highest BCUT2D eigenvalue weighted by molar-refractivity contribution is 7.90. The summed E-state index contributed by atoms with van der Waals surface area (Å²) >= 11 is 6.01. The minimum absolute atomic E-state index is 0.0282. The second-order valence-corrected chi connectivity index (χ2v) is 6.95. The molecule has 3 rings (SSSR count). The molecule has 0 unspecified atom stereocenters. The topological polar surface area (TPSA) is 94.9 Å². The van der Waals surface area contributed by atoms with Crippen LogP contribution >= 0.6 is 11.6 Å². The number of aryl methyl sites for hydroxylation is 1. The second kappa shape index (κ2) is 5.68. The molecule has 118 valence electrons. The molecule has 3 aromatic rings. The number of hydrogen-bond donors (Lipinski definition) is 2. The molecule has 0 aliphatic heterocycles. The van der Waals surface area contributed by atoms with E-state index in [0.717, 1.165) is 5.56 Å². The first-order valence-electron chi connectivity index (χ1n) is 6.62. The first kappa shape index (κ1) is 15.5. The van der Waals surface area contributed by atoms with Crippen LogP contribution < -0.4 is 0 Å². The van der Waals surface area contributed by atoms with Gasteiger partial charge >= 0.3 is 0 Å². The summed E-state index contributed by atoms with van der Waals surface area (Å²) in [5, 5.41) is 14.4. The van der Waals surface area contributed by atoms with Crippen LogP contribution in [0.1, 0.15) is 5.56 Å². The third kappa shape index (κ3) is 2.93. The average molecular weight is 350 g/mol. The van der Waals surface area contributed by atoms with Gasteiger partial charge in [-0.15, -0.1) is 5.11 Å². The first-order chi connectivity index (χ1) is 10.9. The van der Waals surface area contributed by atoms with Crippen molar-refractivity contribution >= 4 is 38.3 Å². The molecule has 0 saturated heterocycles. The Hall–Kier alpha value is -2.38. The number of rotatable bonds is 3. The van der Waals surface area contributed by atoms with Gasteiger partial charge in [0.1, 0.15) is 0 Å². The van der Waals surface area contributed by atoms with Gasteiger partial charge in [-0.25, -0.2) is 0 Å². The van der Waals surface area contributed by atoms with Crippen LogP contribution in [0, 0.1) is 6.92 Å². The molecule has 0 radical (unpaired) electrons. The summed E-state index contributed by atoms with van der Waals surface area (Å²) in [6, 6.07) is 11.2. The van der Waals surface area contributed by atoms with Crippen LogP contribution in [0.5, 0.6) is 5.75 Å². The summed E-state index contributed by atoms with van der Waals surface area (Å²) in [6.45, 7) is 1.85. The Morgan fingerprint density at radius 1 is 1.13 bits per heavy atom. The lowest BCUT2D eigenvalue weighted by molar-refractivity contribution is 0.482. The number of H-pyrrole nitrogens is 1. The highest BCUT2D eigenvalue weighted by Crippen LogP contribution is 2.39. The minimum Gasteiger partial charge on any atom is -0.504 e. The van der Waals surface area contributed by atoms with E-state index < -0.39 is 10.0 Å².